The van der Waals surface area contributed by atoms with Gasteiger partial charge in [-0.2, -0.15) is 0 Å². The highest BCUT2D eigenvalue weighted by molar-refractivity contribution is 7.09. The van der Waals surface area contributed by atoms with Gasteiger partial charge in [-0.25, -0.2) is 9.78 Å². The zero-order valence-electron chi connectivity index (χ0n) is 11.0. The van der Waals surface area contributed by atoms with E-state index in [1.807, 2.05) is 13.8 Å². The van der Waals surface area contributed by atoms with Gasteiger partial charge in [0.1, 0.15) is 0 Å². The van der Waals surface area contributed by atoms with Crippen molar-refractivity contribution in [1.29, 1.82) is 0 Å². The third-order valence-corrected chi connectivity index (χ3v) is 3.12. The van der Waals surface area contributed by atoms with E-state index >= 15 is 0 Å². The minimum absolute atomic E-state index is 0.0525. The standard InChI is InChI=1S/C12H18N2O4S/c1-8(2)18-6-4-10(15)13-5-3-11-14-9(7-19-11)12(16)17/h7-8H,3-6H2,1-2H3,(H,13,15)(H,16,17). The van der Waals surface area contributed by atoms with Crippen molar-refractivity contribution >= 4 is 23.2 Å². The van der Waals surface area contributed by atoms with E-state index in [2.05, 4.69) is 10.3 Å². The molecule has 0 aromatic carbocycles. The molecular formula is C12H18N2O4S. The van der Waals surface area contributed by atoms with Gasteiger partial charge in [-0.15, -0.1) is 11.3 Å². The quantitative estimate of drug-likeness (QED) is 0.752. The second-order valence-corrected chi connectivity index (χ2v) is 5.14. The molecule has 0 bridgehead atoms. The van der Waals surface area contributed by atoms with Crippen LogP contribution in [0.4, 0.5) is 0 Å². The summed E-state index contributed by atoms with van der Waals surface area (Å²) >= 11 is 1.28. The summed E-state index contributed by atoms with van der Waals surface area (Å²) < 4.78 is 5.27. The number of carboxylic acids is 1. The third kappa shape index (κ3) is 6.30. The first-order valence-electron chi connectivity index (χ1n) is 6.05. The van der Waals surface area contributed by atoms with Gasteiger partial charge in [0.05, 0.1) is 17.7 Å². The second kappa shape index (κ2) is 7.85. The SMILES string of the molecule is CC(C)OCCC(=O)NCCc1nc(C(=O)O)cs1. The van der Waals surface area contributed by atoms with E-state index in [-0.39, 0.29) is 17.7 Å². The summed E-state index contributed by atoms with van der Waals surface area (Å²) in [6, 6.07) is 0. The van der Waals surface area contributed by atoms with E-state index in [1.165, 1.54) is 16.7 Å². The predicted octanol–water partition coefficient (Wildman–Crippen LogP) is 1.32. The van der Waals surface area contributed by atoms with Crippen LogP contribution in [0, 0.1) is 0 Å². The number of hydrogen-bond acceptors (Lipinski definition) is 5. The van der Waals surface area contributed by atoms with Gasteiger partial charge in [-0.1, -0.05) is 0 Å². The molecule has 0 unspecified atom stereocenters. The van der Waals surface area contributed by atoms with E-state index in [4.69, 9.17) is 9.84 Å². The fraction of sp³-hybridized carbons (Fsp3) is 0.583. The van der Waals surface area contributed by atoms with Crippen LogP contribution in [0.1, 0.15) is 35.8 Å². The first kappa shape index (κ1) is 15.6. The van der Waals surface area contributed by atoms with Crippen LogP contribution in [-0.4, -0.2) is 41.2 Å². The molecule has 19 heavy (non-hydrogen) atoms. The van der Waals surface area contributed by atoms with Gasteiger partial charge in [0.25, 0.3) is 0 Å². The number of aromatic nitrogens is 1. The molecule has 0 aliphatic rings. The Kier molecular flexibility index (Phi) is 6.44. The molecule has 0 atom stereocenters. The van der Waals surface area contributed by atoms with E-state index in [0.717, 1.165) is 0 Å². The molecule has 1 aromatic heterocycles. The smallest absolute Gasteiger partial charge is 0.355 e. The number of nitrogens with zero attached hydrogens (tertiary/aromatic N) is 1. The van der Waals surface area contributed by atoms with Crippen LogP contribution in [0.25, 0.3) is 0 Å². The van der Waals surface area contributed by atoms with Crippen LogP contribution in [0.3, 0.4) is 0 Å². The van der Waals surface area contributed by atoms with Crippen molar-refractivity contribution < 1.29 is 19.4 Å². The Morgan fingerprint density at radius 3 is 2.84 bits per heavy atom. The Morgan fingerprint density at radius 1 is 1.53 bits per heavy atom. The van der Waals surface area contributed by atoms with Crippen molar-refractivity contribution in [2.45, 2.75) is 32.8 Å². The second-order valence-electron chi connectivity index (χ2n) is 4.20. The fourth-order valence-corrected chi connectivity index (χ4v) is 2.08. The number of hydrogen-bond donors (Lipinski definition) is 2. The van der Waals surface area contributed by atoms with E-state index in [9.17, 15) is 9.59 Å². The highest BCUT2D eigenvalue weighted by atomic mass is 32.1. The van der Waals surface area contributed by atoms with Crippen molar-refractivity contribution in [3.05, 3.63) is 16.1 Å². The number of ether oxygens (including phenoxy) is 1. The minimum Gasteiger partial charge on any atom is -0.476 e. The number of thiazole rings is 1. The van der Waals surface area contributed by atoms with Gasteiger partial charge in [-0.05, 0) is 13.8 Å². The molecule has 0 saturated carbocycles. The summed E-state index contributed by atoms with van der Waals surface area (Å²) in [4.78, 5) is 26.0. The Balaban J connectivity index is 2.18. The van der Waals surface area contributed by atoms with E-state index in [1.54, 1.807) is 0 Å². The van der Waals surface area contributed by atoms with Gasteiger partial charge < -0.3 is 15.2 Å². The number of aromatic carboxylic acids is 1. The lowest BCUT2D eigenvalue weighted by Crippen LogP contribution is -2.27. The molecule has 7 heteroatoms. The number of amides is 1. The summed E-state index contributed by atoms with van der Waals surface area (Å²) in [5.74, 6) is -1.10. The molecule has 1 rings (SSSR count). The summed E-state index contributed by atoms with van der Waals surface area (Å²) in [6.45, 7) is 4.69. The number of carboxylic acid groups (broad SMARTS) is 1. The maximum absolute atomic E-state index is 11.4. The monoisotopic (exact) mass is 286 g/mol. The Hall–Kier alpha value is -1.47. The van der Waals surface area contributed by atoms with Crippen molar-refractivity contribution in [3.63, 3.8) is 0 Å². The van der Waals surface area contributed by atoms with E-state index in [0.29, 0.717) is 31.0 Å². The number of carbonyl (C=O) groups excluding carboxylic acids is 1. The summed E-state index contributed by atoms with van der Waals surface area (Å²) in [6.07, 6.45) is 0.989. The van der Waals surface area contributed by atoms with Crippen molar-refractivity contribution in [2.75, 3.05) is 13.2 Å². The predicted molar refractivity (Wildman–Crippen MR) is 71.5 cm³/mol. The molecule has 0 fully saturated rings. The maximum atomic E-state index is 11.4. The Bertz CT molecular complexity index is 431. The molecule has 6 nitrogen and oxygen atoms in total. The molecule has 106 valence electrons. The van der Waals surface area contributed by atoms with Gasteiger partial charge in [0, 0.05) is 24.8 Å². The Labute approximate surface area is 115 Å². The molecule has 1 aromatic rings. The minimum atomic E-state index is -1.03. The van der Waals surface area contributed by atoms with Crippen molar-refractivity contribution in [2.24, 2.45) is 0 Å². The van der Waals surface area contributed by atoms with Crippen LogP contribution in [0.15, 0.2) is 5.38 Å². The molecule has 0 spiro atoms. The van der Waals surface area contributed by atoms with Crippen molar-refractivity contribution in [1.82, 2.24) is 10.3 Å². The highest BCUT2D eigenvalue weighted by Crippen LogP contribution is 2.09. The van der Waals surface area contributed by atoms with Crippen LogP contribution >= 0.6 is 11.3 Å². The molecule has 1 amide bonds. The van der Waals surface area contributed by atoms with Gasteiger partial charge in [0.15, 0.2) is 5.69 Å². The third-order valence-electron chi connectivity index (χ3n) is 2.21. The van der Waals surface area contributed by atoms with Gasteiger partial charge >= 0.3 is 5.97 Å². The molecular weight excluding hydrogens is 268 g/mol. The molecule has 0 saturated heterocycles. The number of rotatable bonds is 8. The van der Waals surface area contributed by atoms with Crippen LogP contribution in [-0.2, 0) is 16.0 Å². The maximum Gasteiger partial charge on any atom is 0.355 e. The van der Waals surface area contributed by atoms with Crippen LogP contribution in [0.5, 0.6) is 0 Å². The molecule has 0 radical (unpaired) electrons. The largest absolute Gasteiger partial charge is 0.476 e. The molecule has 0 aliphatic heterocycles. The van der Waals surface area contributed by atoms with Crippen LogP contribution in [0.2, 0.25) is 0 Å². The molecule has 1 heterocycles. The first-order valence-corrected chi connectivity index (χ1v) is 6.93. The van der Waals surface area contributed by atoms with Crippen LogP contribution < -0.4 is 5.32 Å². The summed E-state index contributed by atoms with van der Waals surface area (Å²) in [5, 5.41) is 13.7. The lowest BCUT2D eigenvalue weighted by molar-refractivity contribution is -0.122. The van der Waals surface area contributed by atoms with Gasteiger partial charge in [0.2, 0.25) is 5.91 Å². The normalized spacial score (nSPS) is 10.7. The number of nitrogens with one attached hydrogen (secondary N) is 1. The zero-order chi connectivity index (χ0) is 14.3. The lowest BCUT2D eigenvalue weighted by Gasteiger charge is -2.07. The first-order chi connectivity index (χ1) is 8.99. The Morgan fingerprint density at radius 2 is 2.26 bits per heavy atom. The fourth-order valence-electron chi connectivity index (χ4n) is 1.31. The number of carbonyl (C=O) groups is 2. The average molecular weight is 286 g/mol. The summed E-state index contributed by atoms with van der Waals surface area (Å²) in [7, 11) is 0. The topological polar surface area (TPSA) is 88.5 Å². The van der Waals surface area contributed by atoms with Gasteiger partial charge in [-0.3, -0.25) is 4.79 Å². The summed E-state index contributed by atoms with van der Waals surface area (Å²) in [5.41, 5.74) is 0.0525. The average Bonchev–Trinajstić information content (AvgIpc) is 2.77. The molecule has 0 aliphatic carbocycles. The van der Waals surface area contributed by atoms with E-state index < -0.39 is 5.97 Å². The lowest BCUT2D eigenvalue weighted by atomic mass is 10.3. The van der Waals surface area contributed by atoms with Crippen molar-refractivity contribution in [3.8, 4) is 0 Å². The molecule has 2 N–H and O–H groups in total. The zero-order valence-corrected chi connectivity index (χ0v) is 11.8. The highest BCUT2D eigenvalue weighted by Gasteiger charge is 2.08.